The Morgan fingerprint density at radius 1 is 1.33 bits per heavy atom. The highest BCUT2D eigenvalue weighted by Gasteiger charge is 2.62. The van der Waals surface area contributed by atoms with Gasteiger partial charge in [0.05, 0.1) is 23.1 Å². The number of hydrogen-bond donors (Lipinski definition) is 0. The third-order valence-corrected chi connectivity index (χ3v) is 7.94. The molecule has 3 unspecified atom stereocenters. The van der Waals surface area contributed by atoms with E-state index < -0.39 is 5.79 Å². The summed E-state index contributed by atoms with van der Waals surface area (Å²) in [6.07, 6.45) is 9.53. The van der Waals surface area contributed by atoms with Crippen molar-refractivity contribution in [3.63, 3.8) is 0 Å². The van der Waals surface area contributed by atoms with E-state index in [1.165, 1.54) is 0 Å². The molecule has 0 aromatic rings. The molecule has 21 heavy (non-hydrogen) atoms. The molecule has 0 aromatic heterocycles. The maximum Gasteiger partial charge on any atom is 0.184 e. The number of halogens is 3. The van der Waals surface area contributed by atoms with Crippen LogP contribution in [0.2, 0.25) is 0 Å². The van der Waals surface area contributed by atoms with Gasteiger partial charge in [0.1, 0.15) is 10.9 Å². The van der Waals surface area contributed by atoms with E-state index in [4.69, 9.17) is 20.6 Å². The second-order valence-corrected chi connectivity index (χ2v) is 9.08. The monoisotopic (exact) mass is 484 g/mol. The van der Waals surface area contributed by atoms with Gasteiger partial charge in [-0.05, 0) is 12.8 Å². The third-order valence-electron chi connectivity index (χ3n) is 4.63. The van der Waals surface area contributed by atoms with E-state index in [9.17, 15) is 0 Å². The Balaban J connectivity index is 1.67. The molecule has 3 aliphatic heterocycles. The molecule has 3 rings (SSSR count). The van der Waals surface area contributed by atoms with Crippen LogP contribution in [0.3, 0.4) is 0 Å². The molecule has 8 atom stereocenters. The number of hydrogen-bond acceptors (Lipinski definition) is 3. The minimum absolute atomic E-state index is 0.0116. The van der Waals surface area contributed by atoms with Crippen LogP contribution in [0.25, 0.3) is 0 Å². The van der Waals surface area contributed by atoms with E-state index in [0.29, 0.717) is 4.83 Å². The molecule has 0 saturated carbocycles. The van der Waals surface area contributed by atoms with Gasteiger partial charge in [-0.15, -0.1) is 6.42 Å². The van der Waals surface area contributed by atoms with Crippen molar-refractivity contribution in [2.24, 2.45) is 0 Å². The summed E-state index contributed by atoms with van der Waals surface area (Å²) in [4.78, 5) is 0.369. The minimum Gasteiger partial charge on any atom is -0.369 e. The molecule has 0 bridgehead atoms. The van der Waals surface area contributed by atoms with Crippen molar-refractivity contribution in [3.05, 3.63) is 0 Å². The van der Waals surface area contributed by atoms with Gasteiger partial charge < -0.3 is 14.2 Å². The molecule has 6 heteroatoms. The van der Waals surface area contributed by atoms with Crippen molar-refractivity contribution in [1.29, 1.82) is 0 Å². The lowest BCUT2D eigenvalue weighted by molar-refractivity contribution is -0.213. The Bertz CT molecular complexity index is 440. The third kappa shape index (κ3) is 2.88. The average Bonchev–Trinajstić information content (AvgIpc) is 3.15. The molecule has 3 heterocycles. The highest BCUT2D eigenvalue weighted by molar-refractivity contribution is 9.10. The maximum absolute atomic E-state index is 6.29. The van der Waals surface area contributed by atoms with Crippen LogP contribution in [0, 0.1) is 12.3 Å². The molecule has 0 N–H and O–H groups in total. The minimum atomic E-state index is -0.538. The lowest BCUT2D eigenvalue weighted by Crippen LogP contribution is -2.41. The van der Waals surface area contributed by atoms with Crippen LogP contribution in [-0.2, 0) is 14.2 Å². The molecule has 3 aliphatic rings. The molecule has 0 amide bonds. The second-order valence-electron chi connectivity index (χ2n) is 5.93. The van der Waals surface area contributed by atoms with E-state index in [1.807, 2.05) is 0 Å². The molecule has 0 aromatic carbocycles. The summed E-state index contributed by atoms with van der Waals surface area (Å²) in [7, 11) is 0. The van der Waals surface area contributed by atoms with E-state index in [1.54, 1.807) is 0 Å². The van der Waals surface area contributed by atoms with Gasteiger partial charge in [-0.1, -0.05) is 60.6 Å². The Morgan fingerprint density at radius 2 is 2.10 bits per heavy atom. The van der Waals surface area contributed by atoms with Crippen LogP contribution in [0.5, 0.6) is 0 Å². The van der Waals surface area contributed by atoms with Crippen LogP contribution >= 0.6 is 47.8 Å². The van der Waals surface area contributed by atoms with E-state index in [2.05, 4.69) is 60.6 Å². The molecule has 3 nitrogen and oxygen atoms in total. The largest absolute Gasteiger partial charge is 0.369 e. The van der Waals surface area contributed by atoms with Gasteiger partial charge in [-0.3, -0.25) is 0 Å². The smallest absolute Gasteiger partial charge is 0.184 e. The lowest BCUT2D eigenvalue weighted by atomic mass is 10.0. The van der Waals surface area contributed by atoms with Crippen molar-refractivity contribution in [3.8, 4) is 12.3 Å². The second kappa shape index (κ2) is 6.41. The van der Waals surface area contributed by atoms with Gasteiger partial charge in [-0.2, -0.15) is 0 Å². The summed E-state index contributed by atoms with van der Waals surface area (Å²) >= 11 is 10.9. The van der Waals surface area contributed by atoms with Crippen molar-refractivity contribution in [1.82, 2.24) is 0 Å². The van der Waals surface area contributed by atoms with Gasteiger partial charge >= 0.3 is 0 Å². The predicted octanol–water partition coefficient (Wildman–Crippen LogP) is 3.75. The molecule has 3 saturated heterocycles. The zero-order chi connectivity index (χ0) is 15.2. The van der Waals surface area contributed by atoms with Crippen LogP contribution in [0.1, 0.15) is 32.6 Å². The summed E-state index contributed by atoms with van der Waals surface area (Å²) in [5, 5.41) is 0. The summed E-state index contributed by atoms with van der Waals surface area (Å²) in [5.74, 6) is 2.15. The summed E-state index contributed by atoms with van der Waals surface area (Å²) < 4.78 is 18.7. The lowest BCUT2D eigenvalue weighted by Gasteiger charge is -2.30. The quantitative estimate of drug-likeness (QED) is 0.449. The van der Waals surface area contributed by atoms with Gasteiger partial charge in [0.25, 0.3) is 0 Å². The van der Waals surface area contributed by atoms with Crippen LogP contribution in [0.15, 0.2) is 0 Å². The van der Waals surface area contributed by atoms with Crippen molar-refractivity contribution in [2.45, 2.75) is 77.3 Å². The standard InChI is InChI=1S/C15H19Br3O3/c1-3-8(16)10-5-6-15(20-10)14(18)13-12(21-15)7-11(19-13)9(17)4-2/h2,8-14H,3,5-7H2,1H3/t8-,9?,10-,11+,12+,13-,14?,15?/m0/s1. The molecular formula is C15H19Br3O3. The normalized spacial score (nSPS) is 48.2. The Hall–Kier alpha value is 0.880. The Morgan fingerprint density at radius 3 is 2.71 bits per heavy atom. The average molecular weight is 487 g/mol. The first-order valence-corrected chi connectivity index (χ1v) is 10.1. The Kier molecular flexibility index (Phi) is 5.11. The van der Waals surface area contributed by atoms with Gasteiger partial charge in [0.15, 0.2) is 5.79 Å². The fourth-order valence-corrected chi connectivity index (χ4v) is 5.10. The fourth-order valence-electron chi connectivity index (χ4n) is 3.47. The first-order chi connectivity index (χ1) is 10.0. The molecule has 0 aliphatic carbocycles. The van der Waals surface area contributed by atoms with Crippen LogP contribution in [0.4, 0.5) is 0 Å². The van der Waals surface area contributed by atoms with Crippen molar-refractivity contribution >= 4 is 47.8 Å². The van der Waals surface area contributed by atoms with Crippen LogP contribution in [-0.4, -0.2) is 44.7 Å². The zero-order valence-electron chi connectivity index (χ0n) is 11.8. The van der Waals surface area contributed by atoms with Gasteiger partial charge in [0.2, 0.25) is 0 Å². The summed E-state index contributed by atoms with van der Waals surface area (Å²) in [5.41, 5.74) is 0. The van der Waals surface area contributed by atoms with Crippen molar-refractivity contribution < 1.29 is 14.2 Å². The molecule has 118 valence electrons. The van der Waals surface area contributed by atoms with Crippen LogP contribution < -0.4 is 0 Å². The van der Waals surface area contributed by atoms with Crippen molar-refractivity contribution in [2.75, 3.05) is 0 Å². The number of fused-ring (bicyclic) bond motifs is 1. The highest BCUT2D eigenvalue weighted by atomic mass is 79.9. The summed E-state index contributed by atoms with van der Waals surface area (Å²) in [6, 6.07) is 0. The first kappa shape index (κ1) is 16.7. The predicted molar refractivity (Wildman–Crippen MR) is 92.3 cm³/mol. The topological polar surface area (TPSA) is 27.7 Å². The zero-order valence-corrected chi connectivity index (χ0v) is 16.6. The SMILES string of the molecule is C#CC(Br)[C@H]1C[C@H]2OC3(CC[C@@H]([C@@H](Br)CC)O3)C(Br)[C@H]2O1. The Labute approximate surface area is 151 Å². The number of alkyl halides is 3. The maximum atomic E-state index is 6.29. The first-order valence-electron chi connectivity index (χ1n) is 7.40. The summed E-state index contributed by atoms with van der Waals surface area (Å²) in [6.45, 7) is 2.16. The van der Waals surface area contributed by atoms with E-state index in [0.717, 1.165) is 25.7 Å². The number of terminal acetylenes is 1. The van der Waals surface area contributed by atoms with Gasteiger partial charge in [-0.25, -0.2) is 0 Å². The molecule has 1 spiro atoms. The fraction of sp³-hybridized carbons (Fsp3) is 0.867. The van der Waals surface area contributed by atoms with E-state index in [-0.39, 0.29) is 34.1 Å². The van der Waals surface area contributed by atoms with E-state index >= 15 is 0 Å². The number of ether oxygens (including phenoxy) is 3. The molecule has 3 fully saturated rings. The number of rotatable bonds is 3. The van der Waals surface area contributed by atoms with Gasteiger partial charge in [0, 0.05) is 17.7 Å². The highest BCUT2D eigenvalue weighted by Crippen LogP contribution is 2.51. The molecular weight excluding hydrogens is 468 g/mol. The molecule has 0 radical (unpaired) electrons.